The van der Waals surface area contributed by atoms with Crippen LogP contribution < -0.4 is 10.6 Å². The summed E-state index contributed by atoms with van der Waals surface area (Å²) < 4.78 is 7.85. The van der Waals surface area contributed by atoms with Gasteiger partial charge in [-0.2, -0.15) is 0 Å². The summed E-state index contributed by atoms with van der Waals surface area (Å²) in [6.07, 6.45) is 8.30. The maximum atomic E-state index is 12.4. The van der Waals surface area contributed by atoms with Crippen molar-refractivity contribution >= 4 is 36.0 Å². The van der Waals surface area contributed by atoms with Crippen LogP contribution in [-0.2, 0) is 24.1 Å². The van der Waals surface area contributed by atoms with Crippen molar-refractivity contribution in [2.75, 3.05) is 26.2 Å². The largest absolute Gasteiger partial charge is 0.444 e. The van der Waals surface area contributed by atoms with Crippen LogP contribution in [0.1, 0.15) is 77.9 Å². The van der Waals surface area contributed by atoms with E-state index in [9.17, 15) is 4.79 Å². The van der Waals surface area contributed by atoms with Crippen LogP contribution in [0.5, 0.6) is 0 Å². The third-order valence-corrected chi connectivity index (χ3v) is 5.77. The van der Waals surface area contributed by atoms with E-state index in [2.05, 4.69) is 32.3 Å². The molecule has 188 valence electrons. The molecule has 2 aliphatic heterocycles. The number of carbonyl (C=O) groups excluding carboxylic acids is 1. The average Bonchev–Trinajstić information content (AvgIpc) is 2.96. The van der Waals surface area contributed by atoms with Gasteiger partial charge in [0, 0.05) is 51.6 Å². The number of aromatic nitrogens is 3. The molecule has 0 aliphatic carbocycles. The highest BCUT2D eigenvalue weighted by atomic mass is 127. The maximum absolute atomic E-state index is 12.4. The zero-order chi connectivity index (χ0) is 23.0. The number of nitrogens with zero attached hydrogens (tertiary/aromatic N) is 5. The maximum Gasteiger partial charge on any atom is 0.410 e. The Morgan fingerprint density at radius 3 is 2.76 bits per heavy atom. The summed E-state index contributed by atoms with van der Waals surface area (Å²) in [5.41, 5.74) is -0.476. The number of hydrogen-bond donors (Lipinski definition) is 2. The lowest BCUT2D eigenvalue weighted by atomic mass is 10.1. The lowest BCUT2D eigenvalue weighted by molar-refractivity contribution is 0.0193. The van der Waals surface area contributed by atoms with Crippen molar-refractivity contribution in [1.82, 2.24) is 30.3 Å². The second kappa shape index (κ2) is 13.3. The molecule has 1 saturated heterocycles. The van der Waals surface area contributed by atoms with E-state index in [0.29, 0.717) is 6.54 Å². The predicted octanol–water partition coefficient (Wildman–Crippen LogP) is 3.51. The molecule has 33 heavy (non-hydrogen) atoms. The van der Waals surface area contributed by atoms with Gasteiger partial charge < -0.3 is 24.8 Å². The van der Waals surface area contributed by atoms with Gasteiger partial charge in [-0.15, -0.1) is 34.2 Å². The number of ether oxygens (including phenoxy) is 1. The molecule has 1 unspecified atom stereocenters. The molecule has 10 heteroatoms. The molecule has 1 fully saturated rings. The molecule has 3 heterocycles. The molecule has 2 aliphatic rings. The average molecular weight is 576 g/mol. The van der Waals surface area contributed by atoms with Gasteiger partial charge in [0.15, 0.2) is 5.96 Å². The summed E-state index contributed by atoms with van der Waals surface area (Å²) in [7, 11) is 0. The minimum atomic E-state index is -0.476. The summed E-state index contributed by atoms with van der Waals surface area (Å²) in [5, 5.41) is 15.7. The Kier molecular flexibility index (Phi) is 11.2. The van der Waals surface area contributed by atoms with Gasteiger partial charge >= 0.3 is 6.09 Å². The van der Waals surface area contributed by atoms with E-state index in [-0.39, 0.29) is 36.1 Å². The van der Waals surface area contributed by atoms with Gasteiger partial charge in [0.05, 0.1) is 0 Å². The Bertz CT molecular complexity index is 775. The van der Waals surface area contributed by atoms with Crippen molar-refractivity contribution in [2.24, 2.45) is 4.99 Å². The summed E-state index contributed by atoms with van der Waals surface area (Å²) in [6, 6.07) is 0.168. The number of rotatable bonds is 6. The summed E-state index contributed by atoms with van der Waals surface area (Å²) in [5.74, 6) is 3.04. The van der Waals surface area contributed by atoms with E-state index in [1.165, 1.54) is 19.3 Å². The van der Waals surface area contributed by atoms with Crippen molar-refractivity contribution in [3.63, 3.8) is 0 Å². The first kappa shape index (κ1) is 27.7. The van der Waals surface area contributed by atoms with E-state index in [1.807, 2.05) is 20.8 Å². The molecule has 1 aromatic heterocycles. The third-order valence-electron chi connectivity index (χ3n) is 5.77. The number of hydrogen-bond acceptors (Lipinski definition) is 5. The van der Waals surface area contributed by atoms with Crippen molar-refractivity contribution in [3.05, 3.63) is 11.6 Å². The van der Waals surface area contributed by atoms with E-state index in [0.717, 1.165) is 75.9 Å². The summed E-state index contributed by atoms with van der Waals surface area (Å²) in [6.45, 7) is 11.7. The molecule has 0 bridgehead atoms. The van der Waals surface area contributed by atoms with Gasteiger partial charge in [0.2, 0.25) is 0 Å². The van der Waals surface area contributed by atoms with Crippen LogP contribution in [0.15, 0.2) is 4.99 Å². The minimum Gasteiger partial charge on any atom is -0.444 e. The molecule has 0 aromatic carbocycles. The molecule has 9 nitrogen and oxygen atoms in total. The van der Waals surface area contributed by atoms with E-state index >= 15 is 0 Å². The number of amides is 1. The second-order valence-corrected chi connectivity index (χ2v) is 9.77. The summed E-state index contributed by atoms with van der Waals surface area (Å²) >= 11 is 0. The fourth-order valence-electron chi connectivity index (χ4n) is 4.26. The molecular formula is C23H42IN7O2. The lowest BCUT2D eigenvalue weighted by Crippen LogP contribution is -2.53. The minimum absolute atomic E-state index is 0. The number of halogens is 1. The van der Waals surface area contributed by atoms with E-state index < -0.39 is 5.60 Å². The molecule has 0 radical (unpaired) electrons. The van der Waals surface area contributed by atoms with Crippen molar-refractivity contribution < 1.29 is 9.53 Å². The van der Waals surface area contributed by atoms with Crippen LogP contribution in [0.3, 0.4) is 0 Å². The van der Waals surface area contributed by atoms with E-state index in [4.69, 9.17) is 9.73 Å². The SMILES string of the molecule is CCNC(=NCCCc1nnc2n1CCCCC2)NC1CCCN(C(=O)OC(C)(C)C)C1.I. The standard InChI is InChI=1S/C23H41N7O2.HI/c1-5-24-21(26-18-11-10-15-29(17-18)22(31)32-23(2,3)4)25-14-9-13-20-28-27-19-12-7-6-8-16-30(19)20;/h18H,5-17H2,1-4H3,(H2,24,25,26);1H. The highest BCUT2D eigenvalue weighted by Gasteiger charge is 2.28. The van der Waals surface area contributed by atoms with Crippen LogP contribution in [0.2, 0.25) is 0 Å². The van der Waals surface area contributed by atoms with Gasteiger partial charge in [-0.05, 0) is 59.8 Å². The molecule has 3 rings (SSSR count). The Balaban J connectivity index is 0.00000385. The first-order chi connectivity index (χ1) is 15.4. The Labute approximate surface area is 215 Å². The van der Waals surface area contributed by atoms with Crippen LogP contribution in [-0.4, -0.2) is 69.5 Å². The van der Waals surface area contributed by atoms with Gasteiger partial charge in [-0.25, -0.2) is 4.79 Å². The Morgan fingerprint density at radius 1 is 1.18 bits per heavy atom. The summed E-state index contributed by atoms with van der Waals surface area (Å²) in [4.78, 5) is 19.0. The molecule has 0 saturated carbocycles. The van der Waals surface area contributed by atoms with Gasteiger partial charge in [-0.1, -0.05) is 6.42 Å². The number of aryl methyl sites for hydroxylation is 2. The number of aliphatic imine (C=N–C) groups is 1. The van der Waals surface area contributed by atoms with Crippen molar-refractivity contribution in [2.45, 2.75) is 97.2 Å². The monoisotopic (exact) mass is 575 g/mol. The van der Waals surface area contributed by atoms with Gasteiger partial charge in [0.25, 0.3) is 0 Å². The number of piperidine rings is 1. The molecule has 0 spiro atoms. The Hall–Kier alpha value is -1.59. The van der Waals surface area contributed by atoms with Crippen LogP contribution in [0.4, 0.5) is 4.79 Å². The van der Waals surface area contributed by atoms with Crippen molar-refractivity contribution in [1.29, 1.82) is 0 Å². The first-order valence-corrected chi connectivity index (χ1v) is 12.3. The van der Waals surface area contributed by atoms with Crippen molar-refractivity contribution in [3.8, 4) is 0 Å². The number of likely N-dealkylation sites (tertiary alicyclic amines) is 1. The zero-order valence-corrected chi connectivity index (χ0v) is 23.1. The zero-order valence-electron chi connectivity index (χ0n) is 20.7. The quantitative estimate of drug-likeness (QED) is 0.233. The molecule has 2 N–H and O–H groups in total. The highest BCUT2D eigenvalue weighted by Crippen LogP contribution is 2.16. The van der Waals surface area contributed by atoms with Gasteiger partial charge in [-0.3, -0.25) is 4.99 Å². The molecule has 1 atom stereocenters. The topological polar surface area (TPSA) is 96.7 Å². The van der Waals surface area contributed by atoms with Crippen LogP contribution >= 0.6 is 24.0 Å². The number of carbonyl (C=O) groups is 1. The number of fused-ring (bicyclic) bond motifs is 1. The van der Waals surface area contributed by atoms with Crippen LogP contribution in [0, 0.1) is 0 Å². The van der Waals surface area contributed by atoms with Gasteiger partial charge in [0.1, 0.15) is 17.2 Å². The second-order valence-electron chi connectivity index (χ2n) is 9.77. The third kappa shape index (κ3) is 8.94. The Morgan fingerprint density at radius 2 is 2.00 bits per heavy atom. The molecule has 1 aromatic rings. The normalized spacial score (nSPS) is 19.2. The molecule has 1 amide bonds. The fraction of sp³-hybridized carbons (Fsp3) is 0.826. The highest BCUT2D eigenvalue weighted by molar-refractivity contribution is 14.0. The predicted molar refractivity (Wildman–Crippen MR) is 141 cm³/mol. The van der Waals surface area contributed by atoms with Crippen LogP contribution in [0.25, 0.3) is 0 Å². The lowest BCUT2D eigenvalue weighted by Gasteiger charge is -2.35. The van der Waals surface area contributed by atoms with E-state index in [1.54, 1.807) is 4.90 Å². The number of nitrogens with one attached hydrogen (secondary N) is 2. The fourth-order valence-corrected chi connectivity index (χ4v) is 4.26. The smallest absolute Gasteiger partial charge is 0.410 e. The molecular weight excluding hydrogens is 533 g/mol. The number of guanidine groups is 1. The first-order valence-electron chi connectivity index (χ1n) is 12.3.